The average molecular weight is 252 g/mol. The largest absolute Gasteiger partial charge is 0.462 e. The summed E-state index contributed by atoms with van der Waals surface area (Å²) in [4.78, 5) is 26.6. The zero-order valence-electron chi connectivity index (χ0n) is 11.5. The monoisotopic (exact) mass is 252 g/mol. The van der Waals surface area contributed by atoms with Crippen molar-refractivity contribution in [1.29, 1.82) is 0 Å². The van der Waals surface area contributed by atoms with Gasteiger partial charge >= 0.3 is 5.97 Å². The second-order valence-electron chi connectivity index (χ2n) is 4.47. The number of esters is 1. The maximum Gasteiger partial charge on any atom is 0.340 e. The summed E-state index contributed by atoms with van der Waals surface area (Å²) in [5, 5.41) is 2.79. The van der Waals surface area contributed by atoms with Gasteiger partial charge < -0.3 is 15.0 Å². The van der Waals surface area contributed by atoms with Crippen LogP contribution in [0.25, 0.3) is 0 Å². The van der Waals surface area contributed by atoms with Crippen LogP contribution in [0.5, 0.6) is 0 Å². The minimum atomic E-state index is -0.396. The van der Waals surface area contributed by atoms with E-state index in [1.54, 1.807) is 20.8 Å². The normalized spacial score (nSPS) is 10.6. The van der Waals surface area contributed by atoms with E-state index in [9.17, 15) is 9.59 Å². The molecule has 0 atom stereocenters. The highest BCUT2D eigenvalue weighted by Gasteiger charge is 2.22. The molecule has 0 spiro atoms. The summed E-state index contributed by atoms with van der Waals surface area (Å²) in [5.41, 5.74) is 2.15. The average Bonchev–Trinajstić information content (AvgIpc) is 2.53. The van der Waals surface area contributed by atoms with Gasteiger partial charge in [-0.3, -0.25) is 4.79 Å². The van der Waals surface area contributed by atoms with Crippen molar-refractivity contribution in [2.75, 3.05) is 6.61 Å². The minimum absolute atomic E-state index is 0.0477. The molecule has 0 saturated carbocycles. The number of carbonyl (C=O) groups excluding carboxylic acids is 2. The molecule has 0 aromatic carbocycles. The molecular formula is C13H20N2O3. The van der Waals surface area contributed by atoms with Crippen molar-refractivity contribution >= 4 is 11.9 Å². The fourth-order valence-corrected chi connectivity index (χ4v) is 1.82. The van der Waals surface area contributed by atoms with Gasteiger partial charge in [0, 0.05) is 11.7 Å². The van der Waals surface area contributed by atoms with Gasteiger partial charge in [-0.2, -0.15) is 0 Å². The molecule has 18 heavy (non-hydrogen) atoms. The Kier molecular flexibility index (Phi) is 4.53. The van der Waals surface area contributed by atoms with Gasteiger partial charge in [-0.25, -0.2) is 4.79 Å². The van der Waals surface area contributed by atoms with E-state index in [0.29, 0.717) is 29.1 Å². The van der Waals surface area contributed by atoms with Crippen molar-refractivity contribution < 1.29 is 14.3 Å². The molecule has 0 aliphatic heterocycles. The lowest BCUT2D eigenvalue weighted by molar-refractivity contribution is 0.0525. The molecule has 0 aliphatic carbocycles. The minimum Gasteiger partial charge on any atom is -0.462 e. The van der Waals surface area contributed by atoms with Crippen LogP contribution in [0, 0.1) is 13.8 Å². The molecule has 0 aliphatic rings. The van der Waals surface area contributed by atoms with Crippen molar-refractivity contribution in [3.05, 3.63) is 22.5 Å². The number of hydrogen-bond acceptors (Lipinski definition) is 3. The first-order chi connectivity index (χ1) is 8.38. The first kappa shape index (κ1) is 14.3. The number of aromatic nitrogens is 1. The number of carbonyl (C=O) groups is 2. The van der Waals surface area contributed by atoms with Crippen molar-refractivity contribution in [3.63, 3.8) is 0 Å². The second kappa shape index (κ2) is 5.71. The molecule has 1 aromatic heterocycles. The Morgan fingerprint density at radius 2 is 1.94 bits per heavy atom. The van der Waals surface area contributed by atoms with Crippen LogP contribution in [-0.4, -0.2) is 29.5 Å². The summed E-state index contributed by atoms with van der Waals surface area (Å²) in [5.74, 6) is -0.603. The van der Waals surface area contributed by atoms with Crippen LogP contribution in [0.2, 0.25) is 0 Å². The van der Waals surface area contributed by atoms with Crippen LogP contribution in [0.1, 0.15) is 52.9 Å². The number of aromatic amines is 1. The molecule has 5 heteroatoms. The van der Waals surface area contributed by atoms with Crippen molar-refractivity contribution in [1.82, 2.24) is 10.3 Å². The Hall–Kier alpha value is -1.78. The molecule has 0 bridgehead atoms. The summed E-state index contributed by atoms with van der Waals surface area (Å²) in [7, 11) is 0. The van der Waals surface area contributed by atoms with E-state index < -0.39 is 5.97 Å². The molecule has 2 N–H and O–H groups in total. The number of rotatable bonds is 4. The van der Waals surface area contributed by atoms with E-state index in [4.69, 9.17) is 4.74 Å². The van der Waals surface area contributed by atoms with Gasteiger partial charge in [-0.15, -0.1) is 0 Å². The molecule has 0 saturated heterocycles. The fourth-order valence-electron chi connectivity index (χ4n) is 1.82. The molecule has 1 aromatic rings. The first-order valence-electron chi connectivity index (χ1n) is 6.05. The predicted octanol–water partition coefficient (Wildman–Crippen LogP) is 1.95. The molecular weight excluding hydrogens is 232 g/mol. The molecule has 0 fully saturated rings. The van der Waals surface area contributed by atoms with Gasteiger partial charge in [-0.05, 0) is 40.2 Å². The highest BCUT2D eigenvalue weighted by molar-refractivity contribution is 6.00. The van der Waals surface area contributed by atoms with Gasteiger partial charge in [-0.1, -0.05) is 0 Å². The number of amides is 1. The van der Waals surface area contributed by atoms with E-state index >= 15 is 0 Å². The van der Waals surface area contributed by atoms with Crippen molar-refractivity contribution in [2.45, 2.75) is 40.7 Å². The molecule has 0 unspecified atom stereocenters. The lowest BCUT2D eigenvalue weighted by Gasteiger charge is -2.07. The predicted molar refractivity (Wildman–Crippen MR) is 68.8 cm³/mol. The third-order valence-electron chi connectivity index (χ3n) is 2.56. The van der Waals surface area contributed by atoms with E-state index in [2.05, 4.69) is 10.3 Å². The molecule has 0 radical (unpaired) electrons. The van der Waals surface area contributed by atoms with Crippen LogP contribution in [-0.2, 0) is 4.74 Å². The van der Waals surface area contributed by atoms with Gasteiger partial charge in [0.1, 0.15) is 5.69 Å². The Balaban J connectivity index is 3.07. The third-order valence-corrected chi connectivity index (χ3v) is 2.56. The summed E-state index contributed by atoms with van der Waals surface area (Å²) in [6, 6.07) is 0.0477. The van der Waals surface area contributed by atoms with Gasteiger partial charge in [0.15, 0.2) is 0 Å². The number of ether oxygens (including phenoxy) is 1. The van der Waals surface area contributed by atoms with Crippen molar-refractivity contribution in [3.8, 4) is 0 Å². The topological polar surface area (TPSA) is 71.2 Å². The lowest BCUT2D eigenvalue weighted by atomic mass is 10.1. The maximum atomic E-state index is 11.9. The highest BCUT2D eigenvalue weighted by atomic mass is 16.5. The molecule has 100 valence electrons. The Morgan fingerprint density at radius 3 is 2.44 bits per heavy atom. The van der Waals surface area contributed by atoms with E-state index in [-0.39, 0.29) is 11.9 Å². The van der Waals surface area contributed by atoms with E-state index in [1.165, 1.54) is 0 Å². The Morgan fingerprint density at radius 1 is 1.33 bits per heavy atom. The van der Waals surface area contributed by atoms with Crippen molar-refractivity contribution in [2.24, 2.45) is 0 Å². The van der Waals surface area contributed by atoms with E-state index in [0.717, 1.165) is 0 Å². The number of nitrogens with one attached hydrogen (secondary N) is 2. The molecule has 1 heterocycles. The van der Waals surface area contributed by atoms with Crippen LogP contribution < -0.4 is 5.32 Å². The zero-order valence-corrected chi connectivity index (χ0v) is 11.5. The third kappa shape index (κ3) is 2.91. The first-order valence-corrected chi connectivity index (χ1v) is 6.05. The molecule has 5 nitrogen and oxygen atoms in total. The summed E-state index contributed by atoms with van der Waals surface area (Å²) >= 11 is 0. The number of H-pyrrole nitrogens is 1. The quantitative estimate of drug-likeness (QED) is 0.804. The smallest absolute Gasteiger partial charge is 0.340 e. The molecule has 1 amide bonds. The van der Waals surface area contributed by atoms with Gasteiger partial charge in [0.05, 0.1) is 12.2 Å². The number of aryl methyl sites for hydroxylation is 1. The van der Waals surface area contributed by atoms with Gasteiger partial charge in [0.25, 0.3) is 5.91 Å². The number of hydrogen-bond donors (Lipinski definition) is 2. The fraction of sp³-hybridized carbons (Fsp3) is 0.538. The zero-order chi connectivity index (χ0) is 13.9. The van der Waals surface area contributed by atoms with Crippen LogP contribution in [0.15, 0.2) is 0 Å². The van der Waals surface area contributed by atoms with E-state index in [1.807, 2.05) is 13.8 Å². The lowest BCUT2D eigenvalue weighted by Crippen LogP contribution is -2.30. The Labute approximate surface area is 107 Å². The SMILES string of the molecule is CCOC(=O)c1c(C)[nH]c(C(=O)NC(C)C)c1C. The summed E-state index contributed by atoms with van der Waals surface area (Å²) in [6.45, 7) is 9.33. The second-order valence-corrected chi connectivity index (χ2v) is 4.47. The standard InChI is InChI=1S/C13H20N2O3/c1-6-18-13(17)10-8(4)11(15-9(10)5)12(16)14-7(2)3/h7,15H,6H2,1-5H3,(H,14,16). The van der Waals surface area contributed by atoms with Crippen LogP contribution >= 0.6 is 0 Å². The van der Waals surface area contributed by atoms with Crippen LogP contribution in [0.3, 0.4) is 0 Å². The summed E-state index contributed by atoms with van der Waals surface area (Å²) in [6.07, 6.45) is 0. The maximum absolute atomic E-state index is 11.9. The van der Waals surface area contributed by atoms with Crippen LogP contribution in [0.4, 0.5) is 0 Å². The molecule has 1 rings (SSSR count). The summed E-state index contributed by atoms with van der Waals surface area (Å²) < 4.78 is 4.97. The Bertz CT molecular complexity index is 461. The highest BCUT2D eigenvalue weighted by Crippen LogP contribution is 2.19. The van der Waals surface area contributed by atoms with Gasteiger partial charge in [0.2, 0.25) is 0 Å².